The molecule has 2 aliphatic rings. The Labute approximate surface area is 183 Å². The van der Waals surface area contributed by atoms with E-state index in [-0.39, 0.29) is 11.9 Å². The minimum Gasteiger partial charge on any atom is -0.496 e. The number of rotatable bonds is 5. The number of methoxy groups -OCH3 is 1. The lowest BCUT2D eigenvalue weighted by atomic mass is 9.76. The third kappa shape index (κ3) is 3.46. The van der Waals surface area contributed by atoms with Gasteiger partial charge in [-0.3, -0.25) is 4.79 Å². The summed E-state index contributed by atoms with van der Waals surface area (Å²) in [5.41, 5.74) is 4.48. The van der Waals surface area contributed by atoms with E-state index in [0.29, 0.717) is 18.3 Å². The average molecular weight is 413 g/mol. The van der Waals surface area contributed by atoms with Crippen LogP contribution in [0.1, 0.15) is 49.3 Å². The highest BCUT2D eigenvalue weighted by atomic mass is 16.5. The van der Waals surface area contributed by atoms with Crippen LogP contribution in [0.3, 0.4) is 0 Å². The van der Waals surface area contributed by atoms with Crippen LogP contribution >= 0.6 is 0 Å². The lowest BCUT2D eigenvalue weighted by molar-refractivity contribution is -0.116. The molecule has 0 bridgehead atoms. The molecule has 0 radical (unpaired) electrons. The van der Waals surface area contributed by atoms with E-state index in [4.69, 9.17) is 4.74 Å². The number of anilines is 2. The van der Waals surface area contributed by atoms with Gasteiger partial charge in [-0.25, -0.2) is 0 Å². The molecule has 3 unspecified atom stereocenters. The third-order valence-electron chi connectivity index (χ3n) is 6.59. The summed E-state index contributed by atoms with van der Waals surface area (Å²) in [6.45, 7) is 2.02. The van der Waals surface area contributed by atoms with Crippen LogP contribution in [0.15, 0.2) is 66.7 Å². The van der Waals surface area contributed by atoms with Crippen molar-refractivity contribution in [1.29, 1.82) is 0 Å². The van der Waals surface area contributed by atoms with Gasteiger partial charge in [0.25, 0.3) is 0 Å². The van der Waals surface area contributed by atoms with E-state index in [9.17, 15) is 4.79 Å². The molecule has 3 atom stereocenters. The lowest BCUT2D eigenvalue weighted by Gasteiger charge is -2.38. The third-order valence-corrected chi connectivity index (χ3v) is 6.59. The van der Waals surface area contributed by atoms with Crippen LogP contribution in [0.5, 0.6) is 5.75 Å². The summed E-state index contributed by atoms with van der Waals surface area (Å²) in [6.07, 6.45) is 7.02. The molecule has 1 aliphatic heterocycles. The Kier molecular flexibility index (Phi) is 5.14. The molecule has 0 fully saturated rings. The average Bonchev–Trinajstić information content (AvgIpc) is 3.28. The molecular formula is C27H28N2O2. The van der Waals surface area contributed by atoms with Gasteiger partial charge in [-0.1, -0.05) is 49.4 Å². The monoisotopic (exact) mass is 412 g/mol. The molecular weight excluding hydrogens is 384 g/mol. The number of hydrogen-bond donors (Lipinski definition) is 2. The predicted molar refractivity (Wildman–Crippen MR) is 127 cm³/mol. The number of allylic oxidation sites excluding steroid dienone is 2. The molecule has 0 saturated carbocycles. The van der Waals surface area contributed by atoms with Gasteiger partial charge in [-0.2, -0.15) is 0 Å². The van der Waals surface area contributed by atoms with Gasteiger partial charge in [0, 0.05) is 29.3 Å². The van der Waals surface area contributed by atoms with Gasteiger partial charge in [0.15, 0.2) is 0 Å². The van der Waals surface area contributed by atoms with Crippen LogP contribution in [0, 0.1) is 5.92 Å². The van der Waals surface area contributed by atoms with Gasteiger partial charge in [0.2, 0.25) is 5.91 Å². The van der Waals surface area contributed by atoms with Gasteiger partial charge < -0.3 is 15.4 Å². The van der Waals surface area contributed by atoms with Gasteiger partial charge in [-0.15, -0.1) is 0 Å². The smallest absolute Gasteiger partial charge is 0.224 e. The maximum absolute atomic E-state index is 12.1. The van der Waals surface area contributed by atoms with Crippen LogP contribution < -0.4 is 15.4 Å². The molecule has 3 aromatic carbocycles. The zero-order valence-electron chi connectivity index (χ0n) is 18.0. The SMILES string of the molecule is CCCC(=O)Nc1ccc2c(c1)C1C=CCC1C(c1c(OC)ccc3ccccc13)N2. The van der Waals surface area contributed by atoms with Crippen LogP contribution in [0.4, 0.5) is 11.4 Å². The minimum absolute atomic E-state index is 0.0723. The van der Waals surface area contributed by atoms with Crippen molar-refractivity contribution >= 4 is 28.1 Å². The highest BCUT2D eigenvalue weighted by molar-refractivity contribution is 5.91. The van der Waals surface area contributed by atoms with E-state index < -0.39 is 0 Å². The van der Waals surface area contributed by atoms with Gasteiger partial charge in [0.1, 0.15) is 5.75 Å². The minimum atomic E-state index is 0.0723. The molecule has 4 nitrogen and oxygen atoms in total. The summed E-state index contributed by atoms with van der Waals surface area (Å²) in [6, 6.07) is 19.1. The Hall–Kier alpha value is -3.27. The summed E-state index contributed by atoms with van der Waals surface area (Å²) in [4.78, 5) is 12.1. The molecule has 31 heavy (non-hydrogen) atoms. The van der Waals surface area contributed by atoms with E-state index in [0.717, 1.165) is 30.0 Å². The first kappa shape index (κ1) is 19.7. The molecule has 1 aliphatic carbocycles. The zero-order chi connectivity index (χ0) is 21.4. The van der Waals surface area contributed by atoms with E-state index in [1.54, 1.807) is 7.11 Å². The van der Waals surface area contributed by atoms with Crippen LogP contribution in [0.2, 0.25) is 0 Å². The topological polar surface area (TPSA) is 50.4 Å². The van der Waals surface area contributed by atoms with Crippen molar-refractivity contribution in [3.63, 3.8) is 0 Å². The molecule has 3 aromatic rings. The largest absolute Gasteiger partial charge is 0.496 e. The van der Waals surface area contributed by atoms with Crippen molar-refractivity contribution in [1.82, 2.24) is 0 Å². The maximum atomic E-state index is 12.1. The first-order valence-corrected chi connectivity index (χ1v) is 11.1. The Morgan fingerprint density at radius 1 is 1.16 bits per heavy atom. The molecule has 0 aromatic heterocycles. The van der Waals surface area contributed by atoms with E-state index in [1.807, 2.05) is 13.0 Å². The fraction of sp³-hybridized carbons (Fsp3) is 0.296. The van der Waals surface area contributed by atoms with Crippen molar-refractivity contribution in [2.75, 3.05) is 17.7 Å². The Balaban J connectivity index is 1.57. The molecule has 2 N–H and O–H groups in total. The van der Waals surface area contributed by atoms with Crippen molar-refractivity contribution in [3.05, 3.63) is 77.9 Å². The van der Waals surface area contributed by atoms with Crippen LogP contribution in [-0.2, 0) is 4.79 Å². The quantitative estimate of drug-likeness (QED) is 0.476. The summed E-state index contributed by atoms with van der Waals surface area (Å²) in [5, 5.41) is 9.33. The summed E-state index contributed by atoms with van der Waals surface area (Å²) in [7, 11) is 1.75. The molecule has 1 amide bonds. The Bertz CT molecular complexity index is 1170. The normalized spacial score (nSPS) is 21.3. The summed E-state index contributed by atoms with van der Waals surface area (Å²) in [5.74, 6) is 1.71. The maximum Gasteiger partial charge on any atom is 0.224 e. The lowest BCUT2D eigenvalue weighted by Crippen LogP contribution is -2.29. The van der Waals surface area contributed by atoms with E-state index in [2.05, 4.69) is 71.3 Å². The predicted octanol–water partition coefficient (Wildman–Crippen LogP) is 6.41. The number of hydrogen-bond acceptors (Lipinski definition) is 3. The first-order chi connectivity index (χ1) is 15.2. The number of carbonyl (C=O) groups is 1. The number of benzene rings is 3. The molecule has 0 spiro atoms. The van der Waals surface area contributed by atoms with E-state index in [1.165, 1.54) is 21.9 Å². The second-order valence-electron chi connectivity index (χ2n) is 8.48. The number of fused-ring (bicyclic) bond motifs is 4. The van der Waals surface area contributed by atoms with Crippen LogP contribution in [-0.4, -0.2) is 13.0 Å². The molecule has 5 rings (SSSR count). The molecule has 4 heteroatoms. The number of carbonyl (C=O) groups excluding carboxylic acids is 1. The van der Waals surface area contributed by atoms with Gasteiger partial charge >= 0.3 is 0 Å². The van der Waals surface area contributed by atoms with Gasteiger partial charge in [-0.05, 0) is 59.4 Å². The van der Waals surface area contributed by atoms with Crippen molar-refractivity contribution in [2.24, 2.45) is 5.92 Å². The standard InChI is InChI=1S/C27H28N2O2/c1-3-7-25(30)28-18-13-14-23-22(16-18)20-10-6-11-21(20)27(29-23)26-19-9-5-4-8-17(19)12-15-24(26)31-2/h4-6,8-10,12-16,20-21,27,29H,3,7,11H2,1-2H3,(H,28,30). The second-order valence-corrected chi connectivity index (χ2v) is 8.48. The number of amides is 1. The molecule has 0 saturated heterocycles. The fourth-order valence-corrected chi connectivity index (χ4v) is 5.18. The molecule has 1 heterocycles. The summed E-state index contributed by atoms with van der Waals surface area (Å²) >= 11 is 0. The number of nitrogens with one attached hydrogen (secondary N) is 2. The van der Waals surface area contributed by atoms with Crippen molar-refractivity contribution < 1.29 is 9.53 Å². The highest BCUT2D eigenvalue weighted by Crippen LogP contribution is 2.52. The van der Waals surface area contributed by atoms with E-state index >= 15 is 0 Å². The zero-order valence-corrected chi connectivity index (χ0v) is 18.0. The fourth-order valence-electron chi connectivity index (χ4n) is 5.18. The van der Waals surface area contributed by atoms with Crippen LogP contribution in [0.25, 0.3) is 10.8 Å². The molecule has 158 valence electrons. The highest BCUT2D eigenvalue weighted by Gasteiger charge is 2.39. The van der Waals surface area contributed by atoms with Gasteiger partial charge in [0.05, 0.1) is 13.2 Å². The first-order valence-electron chi connectivity index (χ1n) is 11.1. The summed E-state index contributed by atoms with van der Waals surface area (Å²) < 4.78 is 5.82. The second kappa shape index (κ2) is 8.10. The Morgan fingerprint density at radius 2 is 2.03 bits per heavy atom. The van der Waals surface area contributed by atoms with Crippen molar-refractivity contribution in [3.8, 4) is 5.75 Å². The Morgan fingerprint density at radius 3 is 2.87 bits per heavy atom. The number of ether oxygens (including phenoxy) is 1. The van der Waals surface area contributed by atoms with Crippen molar-refractivity contribution in [2.45, 2.75) is 38.1 Å².